The maximum atomic E-state index is 12.6. The molecule has 24 heavy (non-hydrogen) atoms. The molecule has 6 nitrogen and oxygen atoms in total. The topological polar surface area (TPSA) is 75.4 Å². The van der Waals surface area contributed by atoms with Gasteiger partial charge >= 0.3 is 0 Å². The summed E-state index contributed by atoms with van der Waals surface area (Å²) >= 11 is 0. The van der Waals surface area contributed by atoms with Crippen molar-refractivity contribution < 1.29 is 14.1 Å². The van der Waals surface area contributed by atoms with Gasteiger partial charge in [-0.1, -0.05) is 22.9 Å². The Hall–Kier alpha value is -2.63. The summed E-state index contributed by atoms with van der Waals surface area (Å²) in [5, 5.41) is 6.85. The summed E-state index contributed by atoms with van der Waals surface area (Å²) in [6, 6.07) is 5.77. The Morgan fingerprint density at radius 3 is 2.46 bits per heavy atom. The van der Waals surface area contributed by atoms with E-state index in [9.17, 15) is 9.59 Å². The summed E-state index contributed by atoms with van der Waals surface area (Å²) in [6.45, 7) is 8.06. The number of benzene rings is 1. The first-order chi connectivity index (χ1) is 11.3. The summed E-state index contributed by atoms with van der Waals surface area (Å²) in [6.07, 6.45) is 0.182. The number of rotatable bonds is 3. The second-order valence-corrected chi connectivity index (χ2v) is 6.46. The molecule has 2 amide bonds. The molecule has 1 aromatic heterocycles. The largest absolute Gasteiger partial charge is 0.360 e. The van der Waals surface area contributed by atoms with E-state index in [-0.39, 0.29) is 18.2 Å². The normalized spacial score (nSPS) is 17.4. The Morgan fingerprint density at radius 2 is 1.88 bits per heavy atom. The van der Waals surface area contributed by atoms with Crippen LogP contribution in [-0.2, 0) is 9.59 Å². The van der Waals surface area contributed by atoms with Crippen LogP contribution in [0.1, 0.15) is 28.9 Å². The van der Waals surface area contributed by atoms with E-state index in [0.29, 0.717) is 18.1 Å². The fraction of sp³-hybridized carbons (Fsp3) is 0.389. The van der Waals surface area contributed by atoms with E-state index in [0.717, 1.165) is 22.4 Å². The molecule has 0 saturated carbocycles. The van der Waals surface area contributed by atoms with Crippen LogP contribution in [0.3, 0.4) is 0 Å². The predicted octanol–water partition coefficient (Wildman–Crippen LogP) is 2.90. The van der Waals surface area contributed by atoms with Gasteiger partial charge in [0.2, 0.25) is 11.8 Å². The SMILES string of the molecule is Cc1cc(C)c(NC(=O)C2CC(=O)N(c3cc(C)on3)C2)c(C)c1. The monoisotopic (exact) mass is 327 g/mol. The minimum Gasteiger partial charge on any atom is -0.360 e. The van der Waals surface area contributed by atoms with Crippen LogP contribution in [-0.4, -0.2) is 23.5 Å². The van der Waals surface area contributed by atoms with Crippen molar-refractivity contribution in [3.63, 3.8) is 0 Å². The van der Waals surface area contributed by atoms with Gasteiger partial charge in [0.15, 0.2) is 5.82 Å². The van der Waals surface area contributed by atoms with E-state index in [1.807, 2.05) is 32.9 Å². The number of aryl methyl sites for hydroxylation is 4. The molecule has 0 radical (unpaired) electrons. The number of nitrogens with one attached hydrogen (secondary N) is 1. The zero-order valence-corrected chi connectivity index (χ0v) is 14.3. The molecule has 1 saturated heterocycles. The van der Waals surface area contributed by atoms with Crippen molar-refractivity contribution in [2.75, 3.05) is 16.8 Å². The number of carbonyl (C=O) groups excluding carboxylic acids is 2. The molecule has 1 unspecified atom stereocenters. The fourth-order valence-electron chi connectivity index (χ4n) is 3.19. The molecule has 2 heterocycles. The van der Waals surface area contributed by atoms with Gasteiger partial charge in [0.05, 0.1) is 5.92 Å². The van der Waals surface area contributed by atoms with Crippen LogP contribution >= 0.6 is 0 Å². The maximum Gasteiger partial charge on any atom is 0.229 e. The molecule has 1 aliphatic rings. The van der Waals surface area contributed by atoms with Crippen molar-refractivity contribution in [3.05, 3.63) is 40.6 Å². The Bertz CT molecular complexity index is 787. The molecular formula is C18H21N3O3. The summed E-state index contributed by atoms with van der Waals surface area (Å²) in [7, 11) is 0. The third-order valence-corrected chi connectivity index (χ3v) is 4.31. The van der Waals surface area contributed by atoms with Gasteiger partial charge in [-0.25, -0.2) is 0 Å². The van der Waals surface area contributed by atoms with Crippen molar-refractivity contribution in [2.24, 2.45) is 5.92 Å². The van der Waals surface area contributed by atoms with Gasteiger partial charge in [0.1, 0.15) is 5.76 Å². The fourth-order valence-corrected chi connectivity index (χ4v) is 3.19. The summed E-state index contributed by atoms with van der Waals surface area (Å²) in [5.74, 6) is 0.462. The Kier molecular flexibility index (Phi) is 4.13. The molecular weight excluding hydrogens is 306 g/mol. The standard InChI is InChI=1S/C18H21N3O3/c1-10-5-11(2)17(12(3)6-10)19-18(23)14-8-16(22)21(9-14)15-7-13(4)24-20-15/h5-7,14H,8-9H2,1-4H3,(H,19,23). The average molecular weight is 327 g/mol. The molecule has 0 bridgehead atoms. The number of aromatic nitrogens is 1. The van der Waals surface area contributed by atoms with Gasteiger partial charge < -0.3 is 9.84 Å². The van der Waals surface area contributed by atoms with E-state index in [4.69, 9.17) is 4.52 Å². The molecule has 1 aliphatic heterocycles. The van der Waals surface area contributed by atoms with Crippen molar-refractivity contribution >= 4 is 23.3 Å². The smallest absolute Gasteiger partial charge is 0.229 e. The summed E-state index contributed by atoms with van der Waals surface area (Å²) < 4.78 is 5.01. The zero-order chi connectivity index (χ0) is 17.4. The number of nitrogens with zero attached hydrogens (tertiary/aromatic N) is 2. The molecule has 6 heteroatoms. The highest BCUT2D eigenvalue weighted by molar-refractivity contribution is 6.03. The van der Waals surface area contributed by atoms with Crippen LogP contribution in [0.5, 0.6) is 0 Å². The number of anilines is 2. The third kappa shape index (κ3) is 3.04. The number of carbonyl (C=O) groups is 2. The molecule has 126 valence electrons. The van der Waals surface area contributed by atoms with Gasteiger partial charge in [-0.15, -0.1) is 0 Å². The zero-order valence-electron chi connectivity index (χ0n) is 14.3. The van der Waals surface area contributed by atoms with E-state index >= 15 is 0 Å². The van der Waals surface area contributed by atoms with E-state index in [1.165, 1.54) is 4.90 Å². The van der Waals surface area contributed by atoms with Crippen LogP contribution in [0, 0.1) is 33.6 Å². The first-order valence-corrected chi connectivity index (χ1v) is 7.97. The van der Waals surface area contributed by atoms with Gasteiger partial charge in [-0.05, 0) is 38.8 Å². The molecule has 1 aromatic carbocycles. The van der Waals surface area contributed by atoms with Crippen molar-refractivity contribution in [1.82, 2.24) is 5.16 Å². The molecule has 0 spiro atoms. The number of hydrogen-bond acceptors (Lipinski definition) is 4. The molecule has 1 N–H and O–H groups in total. The number of hydrogen-bond donors (Lipinski definition) is 1. The van der Waals surface area contributed by atoms with Crippen LogP contribution < -0.4 is 10.2 Å². The van der Waals surface area contributed by atoms with Crippen LogP contribution in [0.15, 0.2) is 22.7 Å². The Balaban J connectivity index is 1.74. The van der Waals surface area contributed by atoms with E-state index in [1.54, 1.807) is 13.0 Å². The molecule has 1 atom stereocenters. The van der Waals surface area contributed by atoms with Gasteiger partial charge in [-0.2, -0.15) is 0 Å². The summed E-state index contributed by atoms with van der Waals surface area (Å²) in [4.78, 5) is 26.3. The van der Waals surface area contributed by atoms with Gasteiger partial charge in [-0.3, -0.25) is 14.5 Å². The van der Waals surface area contributed by atoms with Crippen molar-refractivity contribution in [3.8, 4) is 0 Å². The lowest BCUT2D eigenvalue weighted by Gasteiger charge is -2.16. The van der Waals surface area contributed by atoms with Crippen molar-refractivity contribution in [1.29, 1.82) is 0 Å². The van der Waals surface area contributed by atoms with Gasteiger partial charge in [0.25, 0.3) is 0 Å². The van der Waals surface area contributed by atoms with Crippen LogP contribution in [0.4, 0.5) is 11.5 Å². The lowest BCUT2D eigenvalue weighted by molar-refractivity contribution is -0.122. The highest BCUT2D eigenvalue weighted by atomic mass is 16.5. The predicted molar refractivity (Wildman–Crippen MR) is 91.0 cm³/mol. The second kappa shape index (κ2) is 6.11. The van der Waals surface area contributed by atoms with Crippen LogP contribution in [0.2, 0.25) is 0 Å². The van der Waals surface area contributed by atoms with Crippen LogP contribution in [0.25, 0.3) is 0 Å². The molecule has 2 aromatic rings. The van der Waals surface area contributed by atoms with E-state index < -0.39 is 5.92 Å². The first kappa shape index (κ1) is 16.2. The summed E-state index contributed by atoms with van der Waals surface area (Å²) in [5.41, 5.74) is 4.03. The highest BCUT2D eigenvalue weighted by Crippen LogP contribution is 2.27. The first-order valence-electron chi connectivity index (χ1n) is 7.97. The Morgan fingerprint density at radius 1 is 1.21 bits per heavy atom. The molecule has 1 fully saturated rings. The second-order valence-electron chi connectivity index (χ2n) is 6.46. The lowest BCUT2D eigenvalue weighted by atomic mass is 10.0. The lowest BCUT2D eigenvalue weighted by Crippen LogP contribution is -2.28. The minimum atomic E-state index is -0.394. The third-order valence-electron chi connectivity index (χ3n) is 4.31. The number of amides is 2. The quantitative estimate of drug-likeness (QED) is 0.940. The Labute approximate surface area is 140 Å². The molecule has 3 rings (SSSR count). The van der Waals surface area contributed by atoms with Gasteiger partial charge in [0, 0.05) is 24.7 Å². The molecule has 0 aliphatic carbocycles. The average Bonchev–Trinajstić information content (AvgIpc) is 3.08. The maximum absolute atomic E-state index is 12.6. The van der Waals surface area contributed by atoms with E-state index in [2.05, 4.69) is 10.5 Å². The minimum absolute atomic E-state index is 0.110. The van der Waals surface area contributed by atoms with Crippen molar-refractivity contribution in [2.45, 2.75) is 34.1 Å². The highest BCUT2D eigenvalue weighted by Gasteiger charge is 2.36.